The highest BCUT2D eigenvalue weighted by Gasteiger charge is 2.07. The summed E-state index contributed by atoms with van der Waals surface area (Å²) in [5.41, 5.74) is 0.792. The van der Waals surface area contributed by atoms with Crippen molar-refractivity contribution in [3.63, 3.8) is 0 Å². The molecule has 2 rings (SSSR count). The summed E-state index contributed by atoms with van der Waals surface area (Å²) >= 11 is 0. The summed E-state index contributed by atoms with van der Waals surface area (Å²) < 4.78 is 4.78. The Hall–Kier alpha value is -2.11. The van der Waals surface area contributed by atoms with Gasteiger partial charge >= 0.3 is 0 Å². The number of aromatic nitrogens is 3. The molecule has 0 aromatic carbocycles. The van der Waals surface area contributed by atoms with Crippen LogP contribution in [0.4, 0.5) is 0 Å². The van der Waals surface area contributed by atoms with Gasteiger partial charge in [0.2, 0.25) is 5.82 Å². The van der Waals surface area contributed by atoms with Crippen molar-refractivity contribution in [2.45, 2.75) is 6.54 Å². The zero-order valence-electron chi connectivity index (χ0n) is 7.12. The van der Waals surface area contributed by atoms with Gasteiger partial charge in [0.25, 0.3) is 5.89 Å². The van der Waals surface area contributed by atoms with Crippen LogP contribution in [-0.4, -0.2) is 15.1 Å². The van der Waals surface area contributed by atoms with Gasteiger partial charge in [-0.2, -0.15) is 9.89 Å². The van der Waals surface area contributed by atoms with Crippen molar-refractivity contribution in [2.75, 3.05) is 0 Å². The molecule has 6 nitrogen and oxygen atoms in total. The number of pyridine rings is 1. The molecular formula is C8H6N4O2. The lowest BCUT2D eigenvalue weighted by atomic mass is 10.2. The molecule has 0 aliphatic rings. The van der Waals surface area contributed by atoms with Gasteiger partial charge in [0.1, 0.15) is 0 Å². The second-order valence-electron chi connectivity index (χ2n) is 2.53. The van der Waals surface area contributed by atoms with E-state index < -0.39 is 0 Å². The molecule has 0 unspecified atom stereocenters. The summed E-state index contributed by atoms with van der Waals surface area (Å²) in [5, 5.41) is 6.35. The first-order valence-corrected chi connectivity index (χ1v) is 3.92. The number of hydrogen-bond acceptors (Lipinski definition) is 6. The van der Waals surface area contributed by atoms with Crippen LogP contribution in [0.1, 0.15) is 5.89 Å². The third-order valence-corrected chi connectivity index (χ3v) is 1.61. The maximum atomic E-state index is 9.93. The average Bonchev–Trinajstić information content (AvgIpc) is 2.68. The average molecular weight is 190 g/mol. The molecule has 0 N–H and O–H groups in total. The van der Waals surface area contributed by atoms with Crippen LogP contribution in [0.25, 0.3) is 11.4 Å². The summed E-state index contributed by atoms with van der Waals surface area (Å²) in [7, 11) is 0. The lowest BCUT2D eigenvalue weighted by Gasteiger charge is -1.89. The second kappa shape index (κ2) is 3.73. The summed E-state index contributed by atoms with van der Waals surface area (Å²) in [6.07, 6.45) is 3.26. The summed E-state index contributed by atoms with van der Waals surface area (Å²) in [6, 6.07) is 3.51. The van der Waals surface area contributed by atoms with Crippen molar-refractivity contribution < 1.29 is 4.52 Å². The molecule has 0 atom stereocenters. The number of hydrogen-bond donors (Lipinski definition) is 0. The third kappa shape index (κ3) is 1.63. The van der Waals surface area contributed by atoms with Gasteiger partial charge in [-0.05, 0) is 12.1 Å². The molecule has 0 aliphatic heterocycles. The van der Waals surface area contributed by atoms with E-state index >= 15 is 0 Å². The van der Waals surface area contributed by atoms with Crippen LogP contribution in [0.15, 0.2) is 34.2 Å². The van der Waals surface area contributed by atoms with Crippen LogP contribution in [0, 0.1) is 4.91 Å². The number of rotatable bonds is 3. The standard InChI is InChI=1S/C8H6N4O2/c13-10-5-7-11-8(12-14-7)6-1-3-9-4-2-6/h1-4H,5H2. The van der Waals surface area contributed by atoms with E-state index in [0.717, 1.165) is 5.56 Å². The topological polar surface area (TPSA) is 81.2 Å². The highest BCUT2D eigenvalue weighted by molar-refractivity contribution is 5.52. The highest BCUT2D eigenvalue weighted by Crippen LogP contribution is 2.13. The van der Waals surface area contributed by atoms with E-state index in [1.54, 1.807) is 24.5 Å². The van der Waals surface area contributed by atoms with Crippen LogP contribution >= 0.6 is 0 Å². The van der Waals surface area contributed by atoms with Gasteiger partial charge in [-0.3, -0.25) is 4.98 Å². The molecule has 70 valence electrons. The van der Waals surface area contributed by atoms with Gasteiger partial charge in [-0.25, -0.2) is 0 Å². The first-order chi connectivity index (χ1) is 6.90. The van der Waals surface area contributed by atoms with Crippen molar-refractivity contribution in [1.82, 2.24) is 15.1 Å². The smallest absolute Gasteiger partial charge is 0.252 e. The van der Waals surface area contributed by atoms with Gasteiger partial charge in [0.05, 0.1) is 0 Å². The molecule has 0 fully saturated rings. The Morgan fingerprint density at radius 1 is 1.36 bits per heavy atom. The zero-order valence-corrected chi connectivity index (χ0v) is 7.12. The van der Waals surface area contributed by atoms with Gasteiger partial charge < -0.3 is 4.52 Å². The zero-order chi connectivity index (χ0) is 9.80. The maximum Gasteiger partial charge on any atom is 0.252 e. The SMILES string of the molecule is O=NCc1nc(-c2ccncc2)no1. The molecule has 14 heavy (non-hydrogen) atoms. The van der Waals surface area contributed by atoms with E-state index in [1.165, 1.54) is 0 Å². The minimum atomic E-state index is -0.0991. The second-order valence-corrected chi connectivity index (χ2v) is 2.53. The molecule has 0 bridgehead atoms. The fourth-order valence-corrected chi connectivity index (χ4v) is 0.993. The van der Waals surface area contributed by atoms with Crippen LogP contribution in [0.5, 0.6) is 0 Å². The van der Waals surface area contributed by atoms with E-state index in [4.69, 9.17) is 4.52 Å². The summed E-state index contributed by atoms with van der Waals surface area (Å²) in [5.74, 6) is 0.651. The minimum Gasteiger partial charge on any atom is -0.337 e. The van der Waals surface area contributed by atoms with E-state index in [1.807, 2.05) is 0 Å². The van der Waals surface area contributed by atoms with E-state index in [0.29, 0.717) is 5.82 Å². The first-order valence-electron chi connectivity index (χ1n) is 3.92. The van der Waals surface area contributed by atoms with Crippen LogP contribution in [0.3, 0.4) is 0 Å². The minimum absolute atomic E-state index is 0.0991. The first kappa shape index (κ1) is 8.49. The third-order valence-electron chi connectivity index (χ3n) is 1.61. The monoisotopic (exact) mass is 190 g/mol. The molecule has 0 radical (unpaired) electrons. The molecule has 6 heteroatoms. The highest BCUT2D eigenvalue weighted by atomic mass is 16.5. The van der Waals surface area contributed by atoms with Gasteiger partial charge in [-0.1, -0.05) is 10.3 Å². The number of nitroso groups, excluding NO2 is 1. The predicted octanol–water partition coefficient (Wildman–Crippen LogP) is 1.40. The van der Waals surface area contributed by atoms with Gasteiger partial charge in [0, 0.05) is 18.0 Å². The van der Waals surface area contributed by atoms with E-state index in [-0.39, 0.29) is 12.4 Å². The van der Waals surface area contributed by atoms with Gasteiger partial charge in [0.15, 0.2) is 6.54 Å². The van der Waals surface area contributed by atoms with Crippen molar-refractivity contribution in [2.24, 2.45) is 5.18 Å². The molecule has 0 saturated carbocycles. The Kier molecular flexibility index (Phi) is 2.26. The molecular weight excluding hydrogens is 184 g/mol. The molecule has 0 spiro atoms. The Morgan fingerprint density at radius 2 is 2.14 bits per heavy atom. The van der Waals surface area contributed by atoms with Crippen molar-refractivity contribution in [3.05, 3.63) is 35.3 Å². The van der Waals surface area contributed by atoms with Crippen LogP contribution in [0.2, 0.25) is 0 Å². The largest absolute Gasteiger partial charge is 0.337 e. The molecule has 0 amide bonds. The quantitative estimate of drug-likeness (QED) is 0.683. The van der Waals surface area contributed by atoms with Crippen molar-refractivity contribution >= 4 is 0 Å². The Labute approximate surface area is 79.0 Å². The predicted molar refractivity (Wildman–Crippen MR) is 47.0 cm³/mol. The summed E-state index contributed by atoms with van der Waals surface area (Å²) in [4.78, 5) is 17.8. The normalized spacial score (nSPS) is 10.0. The lowest BCUT2D eigenvalue weighted by molar-refractivity contribution is 0.380. The molecule has 0 aliphatic carbocycles. The van der Waals surface area contributed by atoms with E-state index in [2.05, 4.69) is 20.3 Å². The molecule has 2 heterocycles. The fraction of sp³-hybridized carbons (Fsp3) is 0.125. The Morgan fingerprint density at radius 3 is 2.86 bits per heavy atom. The van der Waals surface area contributed by atoms with Crippen LogP contribution < -0.4 is 0 Å². The summed E-state index contributed by atoms with van der Waals surface area (Å²) in [6.45, 7) is -0.0991. The molecule has 2 aromatic heterocycles. The van der Waals surface area contributed by atoms with Crippen LogP contribution in [-0.2, 0) is 6.54 Å². The maximum absolute atomic E-state index is 9.93. The molecule has 0 saturated heterocycles. The molecule has 2 aromatic rings. The Balaban J connectivity index is 2.29. The van der Waals surface area contributed by atoms with Crippen molar-refractivity contribution in [3.8, 4) is 11.4 Å². The van der Waals surface area contributed by atoms with E-state index in [9.17, 15) is 4.91 Å². The van der Waals surface area contributed by atoms with Gasteiger partial charge in [-0.15, -0.1) is 0 Å². The van der Waals surface area contributed by atoms with Crippen molar-refractivity contribution in [1.29, 1.82) is 0 Å². The lowest BCUT2D eigenvalue weighted by Crippen LogP contribution is -1.82. The number of nitrogens with zero attached hydrogens (tertiary/aromatic N) is 4. The fourth-order valence-electron chi connectivity index (χ4n) is 0.993. The Bertz CT molecular complexity index is 426.